The number of halogens is 2. The average Bonchev–Trinajstić information content (AvgIpc) is 2.35. The lowest BCUT2D eigenvalue weighted by Crippen LogP contribution is -2.45. The van der Waals surface area contributed by atoms with E-state index in [0.29, 0.717) is 0 Å². The standard InChI is InChI=1S/C13H12Cl2N2O3/c1-2-3-10(12(16)19)17-13(20)11(18)7-4-8(14)6-9(15)5-7/h1,4-6,10-11,18H,3H2,(H2,16,19)(H,17,20)/t10-,11-/m0/s1. The lowest BCUT2D eigenvalue weighted by molar-refractivity contribution is -0.133. The summed E-state index contributed by atoms with van der Waals surface area (Å²) in [6, 6.07) is 3.19. The first-order chi connectivity index (χ1) is 9.35. The molecule has 0 unspecified atom stereocenters. The molecule has 0 fully saturated rings. The molecule has 106 valence electrons. The Morgan fingerprint density at radius 2 is 1.90 bits per heavy atom. The van der Waals surface area contributed by atoms with Crippen molar-refractivity contribution in [3.05, 3.63) is 33.8 Å². The predicted molar refractivity (Wildman–Crippen MR) is 76.0 cm³/mol. The summed E-state index contributed by atoms with van der Waals surface area (Å²) >= 11 is 11.6. The van der Waals surface area contributed by atoms with Crippen molar-refractivity contribution in [1.29, 1.82) is 0 Å². The molecule has 0 spiro atoms. The highest BCUT2D eigenvalue weighted by atomic mass is 35.5. The van der Waals surface area contributed by atoms with E-state index in [1.54, 1.807) is 0 Å². The van der Waals surface area contributed by atoms with Gasteiger partial charge in [0.15, 0.2) is 6.10 Å². The van der Waals surface area contributed by atoms with Gasteiger partial charge in [-0.25, -0.2) is 0 Å². The summed E-state index contributed by atoms with van der Waals surface area (Å²) in [5.41, 5.74) is 5.28. The number of carbonyl (C=O) groups is 2. The van der Waals surface area contributed by atoms with Gasteiger partial charge in [-0.15, -0.1) is 12.3 Å². The predicted octanol–water partition coefficient (Wildman–Crippen LogP) is 1.02. The zero-order chi connectivity index (χ0) is 15.3. The number of aliphatic hydroxyl groups excluding tert-OH is 1. The molecular formula is C13H12Cl2N2O3. The Labute approximate surface area is 126 Å². The number of amides is 2. The number of nitrogens with one attached hydrogen (secondary N) is 1. The molecule has 0 radical (unpaired) electrons. The Morgan fingerprint density at radius 1 is 1.35 bits per heavy atom. The summed E-state index contributed by atoms with van der Waals surface area (Å²) in [5.74, 6) is 0.610. The number of hydrogen-bond acceptors (Lipinski definition) is 3. The van der Waals surface area contributed by atoms with E-state index in [-0.39, 0.29) is 22.0 Å². The van der Waals surface area contributed by atoms with Crippen LogP contribution >= 0.6 is 23.2 Å². The van der Waals surface area contributed by atoms with Crippen LogP contribution in [0, 0.1) is 12.3 Å². The minimum Gasteiger partial charge on any atom is -0.378 e. The third kappa shape index (κ3) is 4.42. The molecule has 0 aliphatic rings. The van der Waals surface area contributed by atoms with Gasteiger partial charge >= 0.3 is 0 Å². The van der Waals surface area contributed by atoms with E-state index >= 15 is 0 Å². The van der Waals surface area contributed by atoms with E-state index in [0.717, 1.165) is 0 Å². The maximum atomic E-state index is 11.8. The highest BCUT2D eigenvalue weighted by Crippen LogP contribution is 2.23. The molecule has 0 heterocycles. The van der Waals surface area contributed by atoms with Crippen LogP contribution in [0.5, 0.6) is 0 Å². The Hall–Kier alpha value is -1.74. The molecule has 1 rings (SSSR count). The van der Waals surface area contributed by atoms with Crippen molar-refractivity contribution in [1.82, 2.24) is 5.32 Å². The van der Waals surface area contributed by atoms with Gasteiger partial charge in [0.1, 0.15) is 6.04 Å². The molecule has 2 atom stereocenters. The molecule has 7 heteroatoms. The molecule has 0 saturated heterocycles. The Kier molecular flexibility index (Phi) is 5.83. The summed E-state index contributed by atoms with van der Waals surface area (Å²) in [5, 5.41) is 12.7. The second kappa shape index (κ2) is 7.15. The lowest BCUT2D eigenvalue weighted by atomic mass is 10.1. The first kappa shape index (κ1) is 16.3. The fraction of sp³-hybridized carbons (Fsp3) is 0.231. The molecule has 1 aromatic carbocycles. The van der Waals surface area contributed by atoms with Crippen LogP contribution in [-0.2, 0) is 9.59 Å². The van der Waals surface area contributed by atoms with Gasteiger partial charge in [-0.1, -0.05) is 23.2 Å². The first-order valence-corrected chi connectivity index (χ1v) is 6.28. The highest BCUT2D eigenvalue weighted by molar-refractivity contribution is 6.34. The van der Waals surface area contributed by atoms with E-state index in [1.807, 2.05) is 0 Å². The van der Waals surface area contributed by atoms with E-state index in [4.69, 9.17) is 35.4 Å². The molecule has 1 aromatic rings. The molecule has 5 nitrogen and oxygen atoms in total. The van der Waals surface area contributed by atoms with Crippen molar-refractivity contribution in [3.8, 4) is 12.3 Å². The number of hydrogen-bond donors (Lipinski definition) is 3. The molecule has 0 aliphatic heterocycles. The van der Waals surface area contributed by atoms with Gasteiger partial charge in [0, 0.05) is 16.5 Å². The topological polar surface area (TPSA) is 92.4 Å². The van der Waals surface area contributed by atoms with Crippen LogP contribution in [0.3, 0.4) is 0 Å². The quantitative estimate of drug-likeness (QED) is 0.708. The van der Waals surface area contributed by atoms with Crippen molar-refractivity contribution in [2.45, 2.75) is 18.6 Å². The average molecular weight is 315 g/mol. The molecule has 0 bridgehead atoms. The summed E-state index contributed by atoms with van der Waals surface area (Å²) < 4.78 is 0. The van der Waals surface area contributed by atoms with Crippen LogP contribution in [0.1, 0.15) is 18.1 Å². The van der Waals surface area contributed by atoms with Crippen molar-refractivity contribution >= 4 is 35.0 Å². The van der Waals surface area contributed by atoms with Crippen LogP contribution in [-0.4, -0.2) is 23.0 Å². The zero-order valence-corrected chi connectivity index (χ0v) is 11.8. The Morgan fingerprint density at radius 3 is 2.35 bits per heavy atom. The van der Waals surface area contributed by atoms with E-state index in [2.05, 4.69) is 11.2 Å². The summed E-state index contributed by atoms with van der Waals surface area (Å²) in [6.45, 7) is 0. The number of benzene rings is 1. The summed E-state index contributed by atoms with van der Waals surface area (Å²) in [4.78, 5) is 22.9. The van der Waals surface area contributed by atoms with Crippen molar-refractivity contribution in [2.75, 3.05) is 0 Å². The number of nitrogens with two attached hydrogens (primary N) is 1. The second-order valence-corrected chi connectivity index (χ2v) is 4.85. The second-order valence-electron chi connectivity index (χ2n) is 3.98. The van der Waals surface area contributed by atoms with Gasteiger partial charge in [-0.2, -0.15) is 0 Å². The monoisotopic (exact) mass is 314 g/mol. The fourth-order valence-electron chi connectivity index (χ4n) is 1.48. The van der Waals surface area contributed by atoms with Gasteiger partial charge in [0.25, 0.3) is 5.91 Å². The van der Waals surface area contributed by atoms with Crippen molar-refractivity contribution < 1.29 is 14.7 Å². The Bertz CT molecular complexity index is 549. The summed E-state index contributed by atoms with van der Waals surface area (Å²) in [7, 11) is 0. The molecule has 0 aliphatic carbocycles. The van der Waals surface area contributed by atoms with Crippen molar-refractivity contribution in [3.63, 3.8) is 0 Å². The third-order valence-electron chi connectivity index (χ3n) is 2.43. The number of aliphatic hydroxyl groups is 1. The van der Waals surface area contributed by atoms with E-state index in [1.165, 1.54) is 18.2 Å². The van der Waals surface area contributed by atoms with Gasteiger partial charge in [0.2, 0.25) is 5.91 Å². The molecule has 0 saturated carbocycles. The smallest absolute Gasteiger partial charge is 0.254 e. The van der Waals surface area contributed by atoms with E-state index in [9.17, 15) is 14.7 Å². The summed E-state index contributed by atoms with van der Waals surface area (Å²) in [6.07, 6.45) is 3.46. The van der Waals surface area contributed by atoms with Crippen LogP contribution in [0.2, 0.25) is 10.0 Å². The Balaban J connectivity index is 2.86. The zero-order valence-electron chi connectivity index (χ0n) is 10.3. The van der Waals surface area contributed by atoms with Crippen LogP contribution in [0.25, 0.3) is 0 Å². The number of carbonyl (C=O) groups excluding carboxylic acids is 2. The number of rotatable bonds is 5. The maximum absolute atomic E-state index is 11.8. The molecular weight excluding hydrogens is 303 g/mol. The number of primary amides is 1. The van der Waals surface area contributed by atoms with Crippen LogP contribution in [0.4, 0.5) is 0 Å². The molecule has 20 heavy (non-hydrogen) atoms. The van der Waals surface area contributed by atoms with Gasteiger partial charge in [-0.3, -0.25) is 9.59 Å². The van der Waals surface area contributed by atoms with Crippen molar-refractivity contribution in [2.24, 2.45) is 5.73 Å². The molecule has 0 aromatic heterocycles. The third-order valence-corrected chi connectivity index (χ3v) is 2.87. The fourth-order valence-corrected chi connectivity index (χ4v) is 2.02. The minimum atomic E-state index is -1.54. The SMILES string of the molecule is C#CC[C@H](NC(=O)[C@@H](O)c1cc(Cl)cc(Cl)c1)C(N)=O. The maximum Gasteiger partial charge on any atom is 0.254 e. The van der Waals surface area contributed by atoms with Crippen LogP contribution in [0.15, 0.2) is 18.2 Å². The first-order valence-electron chi connectivity index (χ1n) is 5.52. The van der Waals surface area contributed by atoms with Gasteiger partial charge < -0.3 is 16.2 Å². The highest BCUT2D eigenvalue weighted by Gasteiger charge is 2.23. The van der Waals surface area contributed by atoms with E-state index < -0.39 is 24.0 Å². The molecule has 4 N–H and O–H groups in total. The lowest BCUT2D eigenvalue weighted by Gasteiger charge is -2.16. The van der Waals surface area contributed by atoms with Gasteiger partial charge in [0.05, 0.1) is 0 Å². The molecule has 2 amide bonds. The van der Waals surface area contributed by atoms with Crippen LogP contribution < -0.4 is 11.1 Å². The van der Waals surface area contributed by atoms with Gasteiger partial charge in [-0.05, 0) is 23.8 Å². The number of terminal acetylenes is 1. The minimum absolute atomic E-state index is 0.0654. The largest absolute Gasteiger partial charge is 0.378 e. The normalized spacial score (nSPS) is 13.1.